The van der Waals surface area contributed by atoms with Crippen LogP contribution in [0.15, 0.2) is 72.3 Å². The number of anilines is 2. The van der Waals surface area contributed by atoms with Gasteiger partial charge >= 0.3 is 0 Å². The molecule has 3 aromatic rings. The van der Waals surface area contributed by atoms with E-state index >= 15 is 0 Å². The van der Waals surface area contributed by atoms with Crippen molar-refractivity contribution < 1.29 is 9.53 Å². The molecular formula is C27H29N3O2. The van der Waals surface area contributed by atoms with Gasteiger partial charge in [-0.2, -0.15) is 0 Å². The van der Waals surface area contributed by atoms with E-state index in [9.17, 15) is 4.79 Å². The summed E-state index contributed by atoms with van der Waals surface area (Å²) < 4.78 is 5.81. The highest BCUT2D eigenvalue weighted by atomic mass is 16.5. The van der Waals surface area contributed by atoms with Gasteiger partial charge in [0.1, 0.15) is 11.6 Å². The van der Waals surface area contributed by atoms with E-state index in [0.29, 0.717) is 18.8 Å². The summed E-state index contributed by atoms with van der Waals surface area (Å²) in [5, 5.41) is 3.06. The Hall–Kier alpha value is -3.60. The average Bonchev–Trinajstić information content (AvgIpc) is 2.81. The highest BCUT2D eigenvalue weighted by molar-refractivity contribution is 6.09. The van der Waals surface area contributed by atoms with Gasteiger partial charge < -0.3 is 15.8 Å². The number of hydrogen-bond donors (Lipinski definition) is 2. The fourth-order valence-corrected chi connectivity index (χ4v) is 3.98. The summed E-state index contributed by atoms with van der Waals surface area (Å²) in [6.45, 7) is 2.59. The number of rotatable bonds is 7. The molecule has 1 heterocycles. The van der Waals surface area contributed by atoms with Crippen molar-refractivity contribution in [1.82, 2.24) is 4.98 Å². The summed E-state index contributed by atoms with van der Waals surface area (Å²) in [5.41, 5.74) is 11.8. The minimum absolute atomic E-state index is 0.0123. The lowest BCUT2D eigenvalue weighted by Gasteiger charge is -2.20. The van der Waals surface area contributed by atoms with E-state index in [1.54, 1.807) is 6.07 Å². The zero-order chi connectivity index (χ0) is 22.3. The smallest absolute Gasteiger partial charge is 0.251 e. The third-order valence-electron chi connectivity index (χ3n) is 5.71. The molecule has 0 radical (unpaired) electrons. The number of carbonyl (C=O) groups excluding carboxylic acids is 1. The molecule has 0 saturated carbocycles. The Bertz CT molecular complexity index is 1100. The highest BCUT2D eigenvalue weighted by Crippen LogP contribution is 2.33. The maximum absolute atomic E-state index is 13.0. The molecule has 0 aliphatic heterocycles. The molecule has 0 bridgehead atoms. The summed E-state index contributed by atoms with van der Waals surface area (Å²) >= 11 is 0. The summed E-state index contributed by atoms with van der Waals surface area (Å²) in [6.07, 6.45) is 4.61. The van der Waals surface area contributed by atoms with Crippen molar-refractivity contribution in [2.45, 2.75) is 39.0 Å². The monoisotopic (exact) mass is 427 g/mol. The van der Waals surface area contributed by atoms with Gasteiger partial charge in [-0.15, -0.1) is 0 Å². The molecule has 0 fully saturated rings. The van der Waals surface area contributed by atoms with Crippen molar-refractivity contribution in [3.05, 3.63) is 89.1 Å². The minimum atomic E-state index is -0.0123. The van der Waals surface area contributed by atoms with E-state index < -0.39 is 0 Å². The zero-order valence-electron chi connectivity index (χ0n) is 18.4. The molecule has 0 spiro atoms. The third-order valence-corrected chi connectivity index (χ3v) is 5.71. The lowest BCUT2D eigenvalue weighted by atomic mass is 9.86. The summed E-state index contributed by atoms with van der Waals surface area (Å²) in [6, 6.07) is 21.5. The number of hydrogen-bond acceptors (Lipinski definition) is 4. The maximum Gasteiger partial charge on any atom is 0.251 e. The lowest BCUT2D eigenvalue weighted by Crippen LogP contribution is -2.18. The van der Waals surface area contributed by atoms with Crippen molar-refractivity contribution in [3.63, 3.8) is 0 Å². The Morgan fingerprint density at radius 1 is 1.00 bits per heavy atom. The number of nitrogens with one attached hydrogen (secondary N) is 1. The Kier molecular flexibility index (Phi) is 6.85. The lowest BCUT2D eigenvalue weighted by molar-refractivity contribution is -0.113. The van der Waals surface area contributed by atoms with Gasteiger partial charge in [-0.05, 0) is 80.1 Å². The summed E-state index contributed by atoms with van der Waals surface area (Å²) in [5.74, 6) is 1.26. The number of aromatic nitrogens is 1. The zero-order valence-corrected chi connectivity index (χ0v) is 18.4. The predicted molar refractivity (Wildman–Crippen MR) is 129 cm³/mol. The summed E-state index contributed by atoms with van der Waals surface area (Å²) in [7, 11) is 0. The molecule has 0 unspecified atom stereocenters. The number of allylic oxidation sites excluding steroid dienone is 1. The van der Waals surface area contributed by atoms with E-state index in [1.165, 1.54) is 11.1 Å². The molecule has 2 aromatic carbocycles. The fraction of sp³-hybridized carbons (Fsp3) is 0.259. The number of aryl methyl sites for hydroxylation is 1. The standard InChI is InChI=1S/C27H29N3O2/c1-19-9-11-20(12-10-19)24-6-2-3-7-25(24)27(31)30-22-13-15-23(16-14-22)32-18-17-21-5-4-8-26(28)29-21/h4-5,8-16H,2-3,6-7,17-18H2,1H3,(H2,28,29)(H,30,31). The number of nitrogen functional groups attached to an aromatic ring is 1. The maximum atomic E-state index is 13.0. The number of ether oxygens (including phenoxy) is 1. The predicted octanol–water partition coefficient (Wildman–Crippen LogP) is 5.56. The van der Waals surface area contributed by atoms with Crippen LogP contribution in [0.5, 0.6) is 5.75 Å². The Balaban J connectivity index is 1.37. The fourth-order valence-electron chi connectivity index (χ4n) is 3.98. The molecule has 164 valence electrons. The molecule has 3 N–H and O–H groups in total. The van der Waals surface area contributed by atoms with E-state index in [2.05, 4.69) is 41.5 Å². The van der Waals surface area contributed by atoms with Crippen LogP contribution in [0.2, 0.25) is 0 Å². The molecule has 1 aromatic heterocycles. The first-order valence-electron chi connectivity index (χ1n) is 11.1. The second-order valence-corrected chi connectivity index (χ2v) is 8.16. The first-order valence-corrected chi connectivity index (χ1v) is 11.1. The summed E-state index contributed by atoms with van der Waals surface area (Å²) in [4.78, 5) is 17.3. The van der Waals surface area contributed by atoms with Crippen LogP contribution in [-0.4, -0.2) is 17.5 Å². The molecule has 4 rings (SSSR count). The number of nitrogens with zero attached hydrogens (tertiary/aromatic N) is 1. The highest BCUT2D eigenvalue weighted by Gasteiger charge is 2.20. The molecule has 1 aliphatic rings. The van der Waals surface area contributed by atoms with Gasteiger partial charge in [0.05, 0.1) is 6.61 Å². The number of carbonyl (C=O) groups is 1. The molecule has 1 aliphatic carbocycles. The SMILES string of the molecule is Cc1ccc(C2=C(C(=O)Nc3ccc(OCCc4cccc(N)n4)cc3)CCCC2)cc1. The van der Waals surface area contributed by atoms with Crippen molar-refractivity contribution in [3.8, 4) is 5.75 Å². The van der Waals surface area contributed by atoms with Crippen LogP contribution in [0.4, 0.5) is 11.5 Å². The van der Waals surface area contributed by atoms with Gasteiger partial charge in [-0.25, -0.2) is 4.98 Å². The van der Waals surface area contributed by atoms with E-state index in [-0.39, 0.29) is 5.91 Å². The van der Waals surface area contributed by atoms with Crippen LogP contribution in [0.3, 0.4) is 0 Å². The van der Waals surface area contributed by atoms with Crippen LogP contribution in [0.1, 0.15) is 42.5 Å². The number of nitrogens with two attached hydrogens (primary N) is 1. The molecular weight excluding hydrogens is 398 g/mol. The van der Waals surface area contributed by atoms with Gasteiger partial charge in [-0.3, -0.25) is 4.79 Å². The quantitative estimate of drug-likeness (QED) is 0.517. The van der Waals surface area contributed by atoms with Crippen LogP contribution in [0.25, 0.3) is 5.57 Å². The van der Waals surface area contributed by atoms with Gasteiger partial charge in [0.2, 0.25) is 0 Å². The molecule has 0 saturated heterocycles. The van der Waals surface area contributed by atoms with Gasteiger partial charge in [-0.1, -0.05) is 35.9 Å². The van der Waals surface area contributed by atoms with Gasteiger partial charge in [0, 0.05) is 23.4 Å². The number of amides is 1. The Labute approximate surface area is 189 Å². The number of benzene rings is 2. The van der Waals surface area contributed by atoms with Crippen LogP contribution < -0.4 is 15.8 Å². The molecule has 5 nitrogen and oxygen atoms in total. The van der Waals surface area contributed by atoms with Crippen LogP contribution in [-0.2, 0) is 11.2 Å². The average molecular weight is 428 g/mol. The first kappa shape index (κ1) is 21.6. The van der Waals surface area contributed by atoms with Crippen LogP contribution in [0, 0.1) is 6.92 Å². The van der Waals surface area contributed by atoms with Gasteiger partial charge in [0.25, 0.3) is 5.91 Å². The second kappa shape index (κ2) is 10.1. The van der Waals surface area contributed by atoms with E-state index in [4.69, 9.17) is 10.5 Å². The largest absolute Gasteiger partial charge is 0.493 e. The van der Waals surface area contributed by atoms with E-state index in [1.807, 2.05) is 36.4 Å². The van der Waals surface area contributed by atoms with Gasteiger partial charge in [0.15, 0.2) is 0 Å². The topological polar surface area (TPSA) is 77.2 Å². The molecule has 1 amide bonds. The van der Waals surface area contributed by atoms with Crippen molar-refractivity contribution >= 4 is 23.0 Å². The molecule has 32 heavy (non-hydrogen) atoms. The molecule has 5 heteroatoms. The normalized spacial score (nSPS) is 13.7. The van der Waals surface area contributed by atoms with Crippen molar-refractivity contribution in [1.29, 1.82) is 0 Å². The molecule has 0 atom stereocenters. The minimum Gasteiger partial charge on any atom is -0.493 e. The first-order chi connectivity index (χ1) is 15.6. The van der Waals surface area contributed by atoms with Crippen molar-refractivity contribution in [2.24, 2.45) is 0 Å². The second-order valence-electron chi connectivity index (χ2n) is 8.16. The van der Waals surface area contributed by atoms with Crippen molar-refractivity contribution in [2.75, 3.05) is 17.7 Å². The number of pyridine rings is 1. The Morgan fingerprint density at radius 2 is 1.75 bits per heavy atom. The Morgan fingerprint density at radius 3 is 2.50 bits per heavy atom. The van der Waals surface area contributed by atoms with Crippen LogP contribution >= 0.6 is 0 Å². The third kappa shape index (κ3) is 5.55. The van der Waals surface area contributed by atoms with E-state index in [0.717, 1.165) is 54.0 Å².